The van der Waals surface area contributed by atoms with Gasteiger partial charge in [-0.1, -0.05) is 0 Å². The first-order valence-electron chi connectivity index (χ1n) is 4.41. The minimum Gasteiger partial charge on any atom is -0.481 e. The molecule has 1 aliphatic heterocycles. The smallest absolute Gasteiger partial charge is 0.312 e. The van der Waals surface area contributed by atoms with Gasteiger partial charge in [-0.3, -0.25) is 4.79 Å². The van der Waals surface area contributed by atoms with Crippen LogP contribution in [-0.4, -0.2) is 29.3 Å². The Balaban J connectivity index is 2.16. The topological polar surface area (TPSA) is 59.4 Å². The fourth-order valence-electron chi connectivity index (χ4n) is 1.66. The maximum absolute atomic E-state index is 11.1. The maximum Gasteiger partial charge on any atom is 0.312 e. The summed E-state index contributed by atoms with van der Waals surface area (Å²) in [6.07, 6.45) is 1.06. The van der Waals surface area contributed by atoms with Gasteiger partial charge in [-0.2, -0.15) is 0 Å². The second-order valence-electron chi connectivity index (χ2n) is 3.54. The number of nitrogens with zero attached hydrogens (tertiary/aromatic N) is 1. The number of aliphatic carboxylic acids is 1. The van der Waals surface area contributed by atoms with E-state index in [0.717, 1.165) is 5.69 Å². The summed E-state index contributed by atoms with van der Waals surface area (Å²) in [5.74, 6) is -0.775. The summed E-state index contributed by atoms with van der Waals surface area (Å²) in [5, 5.41) is 11.1. The summed E-state index contributed by atoms with van der Waals surface area (Å²) in [5.41, 5.74) is 1.83. The van der Waals surface area contributed by atoms with E-state index in [2.05, 4.69) is 4.98 Å². The van der Waals surface area contributed by atoms with E-state index >= 15 is 0 Å². The van der Waals surface area contributed by atoms with Crippen molar-refractivity contribution < 1.29 is 14.6 Å². The molecule has 0 bridgehead atoms. The van der Waals surface area contributed by atoms with Crippen molar-refractivity contribution in [2.45, 2.75) is 12.8 Å². The van der Waals surface area contributed by atoms with E-state index in [1.54, 1.807) is 5.51 Å². The Kier molecular flexibility index (Phi) is 2.52. The third-order valence-electron chi connectivity index (χ3n) is 2.56. The Labute approximate surface area is 85.5 Å². The van der Waals surface area contributed by atoms with Gasteiger partial charge < -0.3 is 9.84 Å². The first-order chi connectivity index (χ1) is 6.73. The van der Waals surface area contributed by atoms with Gasteiger partial charge in [-0.05, 0) is 6.42 Å². The second kappa shape index (κ2) is 3.67. The molecule has 1 unspecified atom stereocenters. The third kappa shape index (κ3) is 1.65. The van der Waals surface area contributed by atoms with Gasteiger partial charge in [0.1, 0.15) is 0 Å². The predicted molar refractivity (Wildman–Crippen MR) is 51.3 cm³/mol. The molecular weight excluding hydrogens is 202 g/mol. The van der Waals surface area contributed by atoms with Gasteiger partial charge in [-0.15, -0.1) is 11.3 Å². The van der Waals surface area contributed by atoms with Crippen molar-refractivity contribution in [2.75, 3.05) is 13.2 Å². The predicted octanol–water partition coefficient (Wildman–Crippen LogP) is 1.18. The minimum absolute atomic E-state index is 0.305. The highest BCUT2D eigenvalue weighted by Gasteiger charge is 2.42. The van der Waals surface area contributed by atoms with Gasteiger partial charge in [0.2, 0.25) is 0 Å². The summed E-state index contributed by atoms with van der Waals surface area (Å²) in [7, 11) is 0. The normalized spacial score (nSPS) is 26.6. The molecule has 14 heavy (non-hydrogen) atoms. The van der Waals surface area contributed by atoms with E-state index in [1.807, 2.05) is 5.38 Å². The van der Waals surface area contributed by atoms with Gasteiger partial charge in [0.15, 0.2) is 0 Å². The van der Waals surface area contributed by atoms with Crippen LogP contribution in [0.1, 0.15) is 12.1 Å². The van der Waals surface area contributed by atoms with Crippen molar-refractivity contribution in [2.24, 2.45) is 5.41 Å². The van der Waals surface area contributed by atoms with Gasteiger partial charge in [0.25, 0.3) is 0 Å². The van der Waals surface area contributed by atoms with Crippen molar-refractivity contribution in [1.29, 1.82) is 0 Å². The minimum atomic E-state index is -0.775. The Hall–Kier alpha value is -0.940. The largest absolute Gasteiger partial charge is 0.481 e. The van der Waals surface area contributed by atoms with Gasteiger partial charge in [-0.25, -0.2) is 4.98 Å². The van der Waals surface area contributed by atoms with Crippen LogP contribution in [0.25, 0.3) is 0 Å². The molecule has 1 N–H and O–H groups in total. The molecule has 1 aromatic heterocycles. The van der Waals surface area contributed by atoms with Crippen molar-refractivity contribution in [3.8, 4) is 0 Å². The van der Waals surface area contributed by atoms with E-state index in [0.29, 0.717) is 26.1 Å². The molecule has 76 valence electrons. The number of thiazole rings is 1. The molecule has 0 aliphatic carbocycles. The highest BCUT2D eigenvalue weighted by molar-refractivity contribution is 7.07. The fraction of sp³-hybridized carbons (Fsp3) is 0.556. The lowest BCUT2D eigenvalue weighted by atomic mass is 9.83. The number of ether oxygens (including phenoxy) is 1. The maximum atomic E-state index is 11.1. The van der Waals surface area contributed by atoms with E-state index in [1.165, 1.54) is 11.3 Å². The Morgan fingerprint density at radius 3 is 3.14 bits per heavy atom. The summed E-state index contributed by atoms with van der Waals surface area (Å²) in [6, 6.07) is 0. The number of hydrogen-bond acceptors (Lipinski definition) is 4. The summed E-state index contributed by atoms with van der Waals surface area (Å²) >= 11 is 1.49. The summed E-state index contributed by atoms with van der Waals surface area (Å²) in [6.45, 7) is 0.844. The second-order valence-corrected chi connectivity index (χ2v) is 4.26. The molecule has 0 aromatic carbocycles. The molecular formula is C9H11NO3S. The Morgan fingerprint density at radius 1 is 1.79 bits per heavy atom. The van der Waals surface area contributed by atoms with E-state index < -0.39 is 11.4 Å². The molecule has 0 radical (unpaired) electrons. The van der Waals surface area contributed by atoms with E-state index in [-0.39, 0.29) is 0 Å². The van der Waals surface area contributed by atoms with Crippen LogP contribution in [0.15, 0.2) is 10.9 Å². The number of carbonyl (C=O) groups is 1. The van der Waals surface area contributed by atoms with E-state index in [9.17, 15) is 4.79 Å². The van der Waals surface area contributed by atoms with Crippen LogP contribution in [0.2, 0.25) is 0 Å². The molecule has 1 aromatic rings. The molecule has 5 heteroatoms. The number of hydrogen-bond donors (Lipinski definition) is 1. The summed E-state index contributed by atoms with van der Waals surface area (Å²) < 4.78 is 5.17. The first-order valence-corrected chi connectivity index (χ1v) is 5.35. The van der Waals surface area contributed by atoms with Gasteiger partial charge in [0, 0.05) is 18.4 Å². The SMILES string of the molecule is O=C(O)C1(Cc2cscn2)CCOC1. The molecule has 1 fully saturated rings. The highest BCUT2D eigenvalue weighted by Crippen LogP contribution is 2.32. The van der Waals surface area contributed by atoms with Crippen LogP contribution in [-0.2, 0) is 16.0 Å². The van der Waals surface area contributed by atoms with Crippen LogP contribution in [0, 0.1) is 5.41 Å². The molecule has 2 heterocycles. The molecule has 1 aliphatic rings. The van der Waals surface area contributed by atoms with Gasteiger partial charge in [0.05, 0.1) is 23.2 Å². The Morgan fingerprint density at radius 2 is 2.64 bits per heavy atom. The number of carboxylic acids is 1. The van der Waals surface area contributed by atoms with E-state index in [4.69, 9.17) is 9.84 Å². The van der Waals surface area contributed by atoms with Crippen LogP contribution < -0.4 is 0 Å². The molecule has 0 spiro atoms. The van der Waals surface area contributed by atoms with Crippen molar-refractivity contribution in [3.05, 3.63) is 16.6 Å². The van der Waals surface area contributed by atoms with Crippen molar-refractivity contribution >= 4 is 17.3 Å². The Bertz CT molecular complexity index is 317. The molecule has 0 saturated carbocycles. The number of carboxylic acid groups (broad SMARTS) is 1. The van der Waals surface area contributed by atoms with Crippen LogP contribution in [0.3, 0.4) is 0 Å². The van der Waals surface area contributed by atoms with Crippen LogP contribution in [0.4, 0.5) is 0 Å². The first kappa shape index (κ1) is 9.61. The fourth-order valence-corrected chi connectivity index (χ4v) is 2.22. The van der Waals surface area contributed by atoms with Gasteiger partial charge >= 0.3 is 5.97 Å². The highest BCUT2D eigenvalue weighted by atomic mass is 32.1. The zero-order chi connectivity index (χ0) is 10.0. The summed E-state index contributed by atoms with van der Waals surface area (Å²) in [4.78, 5) is 15.3. The lowest BCUT2D eigenvalue weighted by Gasteiger charge is -2.20. The molecule has 0 amide bonds. The molecule has 2 rings (SSSR count). The molecule has 1 atom stereocenters. The molecule has 4 nitrogen and oxygen atoms in total. The average molecular weight is 213 g/mol. The molecule has 1 saturated heterocycles. The monoisotopic (exact) mass is 213 g/mol. The number of aromatic nitrogens is 1. The number of rotatable bonds is 3. The van der Waals surface area contributed by atoms with Crippen LogP contribution >= 0.6 is 11.3 Å². The van der Waals surface area contributed by atoms with Crippen molar-refractivity contribution in [1.82, 2.24) is 4.98 Å². The average Bonchev–Trinajstić information content (AvgIpc) is 2.76. The quantitative estimate of drug-likeness (QED) is 0.819. The van der Waals surface area contributed by atoms with Crippen LogP contribution in [0.5, 0.6) is 0 Å². The van der Waals surface area contributed by atoms with Crippen molar-refractivity contribution in [3.63, 3.8) is 0 Å². The standard InChI is InChI=1S/C9H11NO3S/c11-8(12)9(1-2-13-5-9)3-7-4-14-6-10-7/h4,6H,1-3,5H2,(H,11,12). The lowest BCUT2D eigenvalue weighted by Crippen LogP contribution is -2.33. The lowest BCUT2D eigenvalue weighted by molar-refractivity contribution is -0.148. The zero-order valence-corrected chi connectivity index (χ0v) is 8.42. The third-order valence-corrected chi connectivity index (χ3v) is 3.20. The zero-order valence-electron chi connectivity index (χ0n) is 7.60.